The van der Waals surface area contributed by atoms with Gasteiger partial charge in [0.25, 0.3) is 0 Å². The van der Waals surface area contributed by atoms with Crippen LogP contribution in [0.15, 0.2) is 0 Å². The molecule has 0 bridgehead atoms. The minimum atomic E-state index is -0.591. The topological polar surface area (TPSA) is 40.5 Å². The highest BCUT2D eigenvalue weighted by Crippen LogP contribution is 2.41. The van der Waals surface area contributed by atoms with Crippen molar-refractivity contribution in [3.05, 3.63) is 0 Å². The van der Waals surface area contributed by atoms with Gasteiger partial charge < -0.3 is 5.11 Å². The van der Waals surface area contributed by atoms with E-state index in [1.54, 1.807) is 0 Å². The second-order valence-corrected chi connectivity index (χ2v) is 6.92. The zero-order valence-corrected chi connectivity index (χ0v) is 12.7. The normalized spacial score (nSPS) is 36.8. The molecule has 110 valence electrons. The van der Waals surface area contributed by atoms with Gasteiger partial charge >= 0.3 is 5.97 Å². The van der Waals surface area contributed by atoms with E-state index in [4.69, 9.17) is 0 Å². The highest BCUT2D eigenvalue weighted by molar-refractivity contribution is 5.75. The summed E-state index contributed by atoms with van der Waals surface area (Å²) in [6.45, 7) is 8.15. The van der Waals surface area contributed by atoms with Gasteiger partial charge in [-0.1, -0.05) is 27.2 Å². The molecule has 0 aromatic rings. The first-order chi connectivity index (χ1) is 8.99. The minimum absolute atomic E-state index is 0.224. The summed E-state index contributed by atoms with van der Waals surface area (Å²) >= 11 is 0. The number of carboxylic acid groups (broad SMARTS) is 1. The average Bonchev–Trinajstić information content (AvgIpc) is 2.85. The molecule has 0 amide bonds. The molecule has 1 aliphatic heterocycles. The molecule has 3 nitrogen and oxygen atoms in total. The Hall–Kier alpha value is -0.570. The van der Waals surface area contributed by atoms with Crippen LogP contribution in [0.4, 0.5) is 0 Å². The van der Waals surface area contributed by atoms with Crippen molar-refractivity contribution >= 4 is 5.97 Å². The fourth-order valence-electron chi connectivity index (χ4n) is 3.99. The van der Waals surface area contributed by atoms with E-state index in [-0.39, 0.29) is 5.92 Å². The summed E-state index contributed by atoms with van der Waals surface area (Å²) in [5.41, 5.74) is -0.498. The van der Waals surface area contributed by atoms with Crippen molar-refractivity contribution in [2.75, 3.05) is 13.1 Å². The first-order valence-electron chi connectivity index (χ1n) is 7.97. The molecule has 0 aromatic carbocycles. The van der Waals surface area contributed by atoms with Gasteiger partial charge in [0, 0.05) is 12.6 Å². The smallest absolute Gasteiger partial charge is 0.311 e. The van der Waals surface area contributed by atoms with Crippen molar-refractivity contribution < 1.29 is 9.90 Å². The molecule has 1 unspecified atom stereocenters. The molecule has 0 aromatic heterocycles. The van der Waals surface area contributed by atoms with E-state index in [0.29, 0.717) is 6.04 Å². The van der Waals surface area contributed by atoms with Crippen LogP contribution in [0.1, 0.15) is 59.3 Å². The monoisotopic (exact) mass is 267 g/mol. The first-order valence-corrected chi connectivity index (χ1v) is 7.97. The molecule has 1 saturated heterocycles. The third-order valence-corrected chi connectivity index (χ3v) is 5.77. The largest absolute Gasteiger partial charge is 0.481 e. The molecule has 1 N–H and O–H groups in total. The van der Waals surface area contributed by atoms with E-state index >= 15 is 0 Å². The summed E-state index contributed by atoms with van der Waals surface area (Å²) in [6.07, 6.45) is 7.34. The first kappa shape index (κ1) is 14.8. The van der Waals surface area contributed by atoms with Gasteiger partial charge in [-0.3, -0.25) is 9.69 Å². The Morgan fingerprint density at radius 2 is 1.95 bits per heavy atom. The molecule has 1 saturated carbocycles. The van der Waals surface area contributed by atoms with E-state index in [1.165, 1.54) is 32.1 Å². The Kier molecular flexibility index (Phi) is 4.54. The van der Waals surface area contributed by atoms with Crippen LogP contribution in [0.3, 0.4) is 0 Å². The fraction of sp³-hybridized carbons (Fsp3) is 0.938. The number of nitrogens with zero attached hydrogens (tertiary/aromatic N) is 1. The number of carbonyl (C=O) groups is 1. The van der Waals surface area contributed by atoms with Crippen LogP contribution in [-0.4, -0.2) is 35.1 Å². The second kappa shape index (κ2) is 5.82. The molecule has 0 radical (unpaired) electrons. The Morgan fingerprint density at radius 1 is 1.32 bits per heavy atom. The van der Waals surface area contributed by atoms with Crippen LogP contribution in [0.2, 0.25) is 0 Å². The maximum absolute atomic E-state index is 11.7. The molecule has 1 atom stereocenters. The number of hydrogen-bond acceptors (Lipinski definition) is 2. The summed E-state index contributed by atoms with van der Waals surface area (Å²) in [5.74, 6) is 0.544. The van der Waals surface area contributed by atoms with Gasteiger partial charge in [-0.05, 0) is 50.5 Å². The van der Waals surface area contributed by atoms with Gasteiger partial charge in [0.2, 0.25) is 0 Å². The van der Waals surface area contributed by atoms with E-state index < -0.39 is 11.4 Å². The molecule has 2 aliphatic rings. The van der Waals surface area contributed by atoms with Gasteiger partial charge in [-0.15, -0.1) is 0 Å². The van der Waals surface area contributed by atoms with Crippen LogP contribution in [-0.2, 0) is 4.79 Å². The van der Waals surface area contributed by atoms with E-state index in [2.05, 4.69) is 25.7 Å². The molecular formula is C16H29NO2. The lowest BCUT2D eigenvalue weighted by Crippen LogP contribution is -2.42. The predicted molar refractivity (Wildman–Crippen MR) is 77.1 cm³/mol. The van der Waals surface area contributed by atoms with Crippen molar-refractivity contribution in [3.8, 4) is 0 Å². The van der Waals surface area contributed by atoms with Gasteiger partial charge in [-0.2, -0.15) is 0 Å². The van der Waals surface area contributed by atoms with Gasteiger partial charge in [-0.25, -0.2) is 0 Å². The highest BCUT2D eigenvalue weighted by Gasteiger charge is 2.48. The summed E-state index contributed by atoms with van der Waals surface area (Å²) in [4.78, 5) is 14.1. The van der Waals surface area contributed by atoms with Crippen molar-refractivity contribution in [2.24, 2.45) is 17.3 Å². The molecule has 0 spiro atoms. The zero-order valence-electron chi connectivity index (χ0n) is 12.7. The second-order valence-electron chi connectivity index (χ2n) is 6.92. The van der Waals surface area contributed by atoms with E-state index in [9.17, 15) is 9.90 Å². The molecule has 2 rings (SSSR count). The van der Waals surface area contributed by atoms with Crippen molar-refractivity contribution in [1.29, 1.82) is 0 Å². The summed E-state index contributed by atoms with van der Waals surface area (Å²) in [5, 5.41) is 9.60. The van der Waals surface area contributed by atoms with Crippen LogP contribution in [0, 0.1) is 17.3 Å². The maximum Gasteiger partial charge on any atom is 0.311 e. The van der Waals surface area contributed by atoms with Crippen molar-refractivity contribution in [2.45, 2.75) is 65.3 Å². The lowest BCUT2D eigenvalue weighted by molar-refractivity contribution is -0.151. The fourth-order valence-corrected chi connectivity index (χ4v) is 3.99. The molecule has 1 heterocycles. The van der Waals surface area contributed by atoms with Gasteiger partial charge in [0.05, 0.1) is 5.41 Å². The highest BCUT2D eigenvalue weighted by atomic mass is 16.4. The molecule has 2 fully saturated rings. The van der Waals surface area contributed by atoms with E-state index in [1.807, 2.05) is 0 Å². The standard InChI is InChI=1S/C16H29NO2/c1-4-13-5-7-14(8-6-13)17-10-9-16(11-17,12(2)3)15(18)19/h12-14H,4-11H2,1-3H3,(H,18,19). The molecular weight excluding hydrogens is 238 g/mol. The number of likely N-dealkylation sites (tertiary alicyclic amines) is 1. The third kappa shape index (κ3) is 2.81. The van der Waals surface area contributed by atoms with Crippen molar-refractivity contribution in [3.63, 3.8) is 0 Å². The predicted octanol–water partition coefficient (Wildman–Crippen LogP) is 3.39. The quantitative estimate of drug-likeness (QED) is 0.849. The average molecular weight is 267 g/mol. The van der Waals surface area contributed by atoms with Crippen molar-refractivity contribution in [1.82, 2.24) is 4.90 Å². The Labute approximate surface area is 117 Å². The Morgan fingerprint density at radius 3 is 2.37 bits per heavy atom. The van der Waals surface area contributed by atoms with Gasteiger partial charge in [0.15, 0.2) is 0 Å². The zero-order chi connectivity index (χ0) is 14.0. The lowest BCUT2D eigenvalue weighted by atomic mass is 9.76. The molecule has 19 heavy (non-hydrogen) atoms. The van der Waals surface area contributed by atoms with Crippen LogP contribution in [0.5, 0.6) is 0 Å². The Bertz CT molecular complexity index is 321. The minimum Gasteiger partial charge on any atom is -0.481 e. The summed E-state index contributed by atoms with van der Waals surface area (Å²) in [6, 6.07) is 0.641. The van der Waals surface area contributed by atoms with Gasteiger partial charge in [0.1, 0.15) is 0 Å². The maximum atomic E-state index is 11.7. The van der Waals surface area contributed by atoms with Crippen LogP contribution in [0.25, 0.3) is 0 Å². The van der Waals surface area contributed by atoms with Crippen LogP contribution >= 0.6 is 0 Å². The van der Waals surface area contributed by atoms with E-state index in [0.717, 1.165) is 25.4 Å². The molecule has 3 heteroatoms. The third-order valence-electron chi connectivity index (χ3n) is 5.77. The summed E-state index contributed by atoms with van der Waals surface area (Å²) < 4.78 is 0. The summed E-state index contributed by atoms with van der Waals surface area (Å²) in [7, 11) is 0. The number of carboxylic acids is 1. The SMILES string of the molecule is CCC1CCC(N2CCC(C(=O)O)(C(C)C)C2)CC1. The molecule has 1 aliphatic carbocycles. The van der Waals surface area contributed by atoms with Crippen LogP contribution < -0.4 is 0 Å². The number of hydrogen-bond donors (Lipinski definition) is 1. The lowest BCUT2D eigenvalue weighted by Gasteiger charge is -2.36. The number of aliphatic carboxylic acids is 1. The number of rotatable bonds is 4. The Balaban J connectivity index is 1.96.